The first-order valence-electron chi connectivity index (χ1n) is 6.11. The largest absolute Gasteiger partial charge is 0.504 e. The fourth-order valence-corrected chi connectivity index (χ4v) is 2.63. The zero-order valence-corrected chi connectivity index (χ0v) is 10.1. The third-order valence-electron chi connectivity index (χ3n) is 3.88. The van der Waals surface area contributed by atoms with E-state index in [9.17, 15) is 19.4 Å². The van der Waals surface area contributed by atoms with Crippen LogP contribution in [0.1, 0.15) is 24.8 Å². The number of benzene rings is 1. The number of halogens is 1. The fraction of sp³-hybridized carbons (Fsp3) is 0.462. The minimum Gasteiger partial charge on any atom is -0.504 e. The van der Waals surface area contributed by atoms with Crippen molar-refractivity contribution in [2.75, 3.05) is 13.2 Å². The molecule has 1 aliphatic carbocycles. The number of hydrogen-bond donors (Lipinski definition) is 2. The molecule has 1 saturated carbocycles. The van der Waals surface area contributed by atoms with E-state index in [4.69, 9.17) is 9.47 Å². The third kappa shape index (κ3) is 1.55. The van der Waals surface area contributed by atoms with Gasteiger partial charge >= 0.3 is 5.97 Å². The van der Waals surface area contributed by atoms with E-state index in [1.165, 1.54) is 6.07 Å². The molecule has 6 heteroatoms. The van der Waals surface area contributed by atoms with Gasteiger partial charge < -0.3 is 19.7 Å². The molecule has 0 radical (unpaired) electrons. The van der Waals surface area contributed by atoms with Gasteiger partial charge in [-0.25, -0.2) is 0 Å². The number of rotatable bonds is 2. The van der Waals surface area contributed by atoms with Crippen molar-refractivity contribution >= 4 is 5.97 Å². The van der Waals surface area contributed by atoms with Crippen molar-refractivity contribution < 1.29 is 28.9 Å². The van der Waals surface area contributed by atoms with Gasteiger partial charge in [-0.05, 0) is 18.9 Å². The van der Waals surface area contributed by atoms with Crippen molar-refractivity contribution in [3.63, 3.8) is 0 Å². The van der Waals surface area contributed by atoms with Gasteiger partial charge in [0.05, 0.1) is 5.41 Å². The molecule has 102 valence electrons. The van der Waals surface area contributed by atoms with Gasteiger partial charge in [0.2, 0.25) is 11.6 Å². The van der Waals surface area contributed by atoms with E-state index in [2.05, 4.69) is 0 Å². The molecule has 2 N–H and O–H groups in total. The lowest BCUT2D eigenvalue weighted by Crippen LogP contribution is -2.42. The number of hydrogen-bond acceptors (Lipinski definition) is 4. The second kappa shape index (κ2) is 4.01. The number of aromatic hydroxyl groups is 1. The molecule has 5 nitrogen and oxygen atoms in total. The molecule has 1 aromatic carbocycles. The Morgan fingerprint density at radius 1 is 1.32 bits per heavy atom. The third-order valence-corrected chi connectivity index (χ3v) is 3.88. The highest BCUT2D eigenvalue weighted by atomic mass is 19.1. The molecule has 1 heterocycles. The van der Waals surface area contributed by atoms with Gasteiger partial charge in [0.25, 0.3) is 0 Å². The standard InChI is InChI=1S/C13H13FO5/c14-9-10(15)7(13(12(16)17)2-1-3-13)6-8-11(9)19-5-4-18-8/h6,15H,1-5H2,(H,16,17). The molecule has 0 spiro atoms. The Labute approximate surface area is 108 Å². The Balaban J connectivity index is 2.17. The molecule has 2 aliphatic rings. The summed E-state index contributed by atoms with van der Waals surface area (Å²) in [5.74, 6) is -2.63. The molecule has 0 bridgehead atoms. The van der Waals surface area contributed by atoms with E-state index >= 15 is 0 Å². The molecule has 1 aromatic rings. The average molecular weight is 268 g/mol. The second-order valence-corrected chi connectivity index (χ2v) is 4.85. The van der Waals surface area contributed by atoms with E-state index < -0.39 is 23.0 Å². The van der Waals surface area contributed by atoms with Crippen molar-refractivity contribution in [3.8, 4) is 17.2 Å². The number of phenols is 1. The molecule has 1 fully saturated rings. The monoisotopic (exact) mass is 268 g/mol. The maximum atomic E-state index is 14.1. The van der Waals surface area contributed by atoms with Crippen LogP contribution < -0.4 is 9.47 Å². The molecule has 0 amide bonds. The molecule has 19 heavy (non-hydrogen) atoms. The topological polar surface area (TPSA) is 76.0 Å². The number of carboxylic acids is 1. The van der Waals surface area contributed by atoms with Crippen LogP contribution in [0.25, 0.3) is 0 Å². The first-order valence-corrected chi connectivity index (χ1v) is 6.11. The lowest BCUT2D eigenvalue weighted by molar-refractivity contribution is -0.147. The molecular formula is C13H13FO5. The van der Waals surface area contributed by atoms with Gasteiger partial charge in [0.1, 0.15) is 13.2 Å². The van der Waals surface area contributed by atoms with Gasteiger partial charge in [-0.15, -0.1) is 0 Å². The van der Waals surface area contributed by atoms with Crippen LogP contribution in [-0.4, -0.2) is 29.4 Å². The average Bonchev–Trinajstić information content (AvgIpc) is 2.33. The van der Waals surface area contributed by atoms with Crippen molar-refractivity contribution in [2.45, 2.75) is 24.7 Å². The second-order valence-electron chi connectivity index (χ2n) is 4.85. The van der Waals surface area contributed by atoms with Crippen LogP contribution in [0.3, 0.4) is 0 Å². The minimum absolute atomic E-state index is 0.0769. The summed E-state index contributed by atoms with van der Waals surface area (Å²) in [7, 11) is 0. The lowest BCUT2D eigenvalue weighted by Gasteiger charge is -2.38. The molecule has 0 unspecified atom stereocenters. The van der Waals surface area contributed by atoms with Gasteiger partial charge in [-0.1, -0.05) is 6.42 Å². The minimum atomic E-state index is -1.21. The van der Waals surface area contributed by atoms with Crippen LogP contribution in [0.2, 0.25) is 0 Å². The number of fused-ring (bicyclic) bond motifs is 1. The van der Waals surface area contributed by atoms with Crippen LogP contribution >= 0.6 is 0 Å². The van der Waals surface area contributed by atoms with Crippen LogP contribution in [0.4, 0.5) is 4.39 Å². The summed E-state index contributed by atoms with van der Waals surface area (Å²) in [5, 5.41) is 19.3. The van der Waals surface area contributed by atoms with Gasteiger partial charge in [-0.2, -0.15) is 4.39 Å². The lowest BCUT2D eigenvalue weighted by atomic mass is 9.64. The summed E-state index contributed by atoms with van der Waals surface area (Å²) >= 11 is 0. The molecule has 0 saturated heterocycles. The summed E-state index contributed by atoms with van der Waals surface area (Å²) in [5.41, 5.74) is -1.13. The number of aliphatic carboxylic acids is 1. The summed E-state index contributed by atoms with van der Waals surface area (Å²) in [4.78, 5) is 11.4. The zero-order valence-electron chi connectivity index (χ0n) is 10.1. The van der Waals surface area contributed by atoms with Gasteiger partial charge in [0.15, 0.2) is 11.5 Å². The smallest absolute Gasteiger partial charge is 0.314 e. The first-order chi connectivity index (χ1) is 9.06. The Morgan fingerprint density at radius 2 is 2.00 bits per heavy atom. The quantitative estimate of drug-likeness (QED) is 0.855. The summed E-state index contributed by atoms with van der Waals surface area (Å²) in [6.45, 7) is 0.476. The predicted octanol–water partition coefficient (Wildman–Crippen LogP) is 1.81. The maximum Gasteiger partial charge on any atom is 0.314 e. The van der Waals surface area contributed by atoms with Crippen molar-refractivity contribution in [1.29, 1.82) is 0 Å². The molecule has 3 rings (SSSR count). The zero-order chi connectivity index (χ0) is 13.6. The van der Waals surface area contributed by atoms with Gasteiger partial charge in [-0.3, -0.25) is 4.79 Å². The highest BCUT2D eigenvalue weighted by Crippen LogP contribution is 2.51. The van der Waals surface area contributed by atoms with Gasteiger partial charge in [0, 0.05) is 5.56 Å². The number of phenolic OH excluding ortho intramolecular Hbond substituents is 1. The molecular weight excluding hydrogens is 255 g/mol. The van der Waals surface area contributed by atoms with Crippen molar-refractivity contribution in [3.05, 3.63) is 17.4 Å². The SMILES string of the molecule is O=C(O)C1(c2cc3c(c(F)c2O)OCCO3)CCC1. The van der Waals surface area contributed by atoms with Crippen molar-refractivity contribution in [1.82, 2.24) is 0 Å². The number of ether oxygens (including phenoxy) is 2. The normalized spacial score (nSPS) is 19.6. The van der Waals surface area contributed by atoms with E-state index in [0.29, 0.717) is 12.8 Å². The summed E-state index contributed by atoms with van der Waals surface area (Å²) in [6.07, 6.45) is 1.51. The molecule has 0 aromatic heterocycles. The number of carboxylic acid groups (broad SMARTS) is 1. The Morgan fingerprint density at radius 3 is 2.58 bits per heavy atom. The Bertz CT molecular complexity index is 550. The van der Waals surface area contributed by atoms with Crippen LogP contribution in [0.15, 0.2) is 6.07 Å². The van der Waals surface area contributed by atoms with Crippen LogP contribution in [0, 0.1) is 5.82 Å². The van der Waals surface area contributed by atoms with E-state index in [0.717, 1.165) is 6.42 Å². The highest BCUT2D eigenvalue weighted by molar-refractivity contribution is 5.84. The van der Waals surface area contributed by atoms with Crippen LogP contribution in [0.5, 0.6) is 17.2 Å². The Kier molecular flexibility index (Phi) is 2.55. The first kappa shape index (κ1) is 12.1. The maximum absolute atomic E-state index is 14.1. The fourth-order valence-electron chi connectivity index (χ4n) is 2.63. The van der Waals surface area contributed by atoms with Crippen LogP contribution in [-0.2, 0) is 10.2 Å². The number of carbonyl (C=O) groups is 1. The molecule has 1 aliphatic heterocycles. The van der Waals surface area contributed by atoms with E-state index in [-0.39, 0.29) is 30.3 Å². The van der Waals surface area contributed by atoms with E-state index in [1.54, 1.807) is 0 Å². The van der Waals surface area contributed by atoms with E-state index in [1.807, 2.05) is 0 Å². The van der Waals surface area contributed by atoms with Crippen molar-refractivity contribution in [2.24, 2.45) is 0 Å². The summed E-state index contributed by atoms with van der Waals surface area (Å²) in [6, 6.07) is 1.39. The highest BCUT2D eigenvalue weighted by Gasteiger charge is 2.49. The predicted molar refractivity (Wildman–Crippen MR) is 62.2 cm³/mol. The molecule has 0 atom stereocenters. The Hall–Kier alpha value is -1.98. The summed E-state index contributed by atoms with van der Waals surface area (Å²) < 4.78 is 24.4.